The van der Waals surface area contributed by atoms with Crippen LogP contribution in [-0.2, 0) is 11.3 Å². The van der Waals surface area contributed by atoms with Gasteiger partial charge in [0.25, 0.3) is 5.91 Å². The quantitative estimate of drug-likeness (QED) is 0.860. The van der Waals surface area contributed by atoms with Crippen LogP contribution in [0.3, 0.4) is 0 Å². The zero-order chi connectivity index (χ0) is 18.7. The number of nitrogens with one attached hydrogen (secondary N) is 2. The molecule has 1 fully saturated rings. The molecule has 0 bridgehead atoms. The molecule has 26 heavy (non-hydrogen) atoms. The zero-order valence-corrected chi connectivity index (χ0v) is 15.8. The Hall–Kier alpha value is -2.52. The topological polar surface area (TPSA) is 75.4 Å². The van der Waals surface area contributed by atoms with Crippen LogP contribution in [-0.4, -0.2) is 30.1 Å². The van der Waals surface area contributed by atoms with Crippen LogP contribution in [0.5, 0.6) is 0 Å². The maximum atomic E-state index is 12.7. The summed E-state index contributed by atoms with van der Waals surface area (Å²) in [6.45, 7) is 9.13. The van der Waals surface area contributed by atoms with Gasteiger partial charge in [-0.25, -0.2) is 0 Å². The molecule has 0 spiro atoms. The number of hydrogen-bond donors (Lipinski definition) is 2. The fourth-order valence-electron chi connectivity index (χ4n) is 3.85. The number of furan rings is 1. The zero-order valence-electron chi connectivity index (χ0n) is 15.8. The Balaban J connectivity index is 1.80. The van der Waals surface area contributed by atoms with Gasteiger partial charge in [-0.15, -0.1) is 0 Å². The van der Waals surface area contributed by atoms with Crippen molar-refractivity contribution in [2.24, 2.45) is 5.92 Å². The van der Waals surface area contributed by atoms with E-state index < -0.39 is 0 Å². The normalized spacial score (nSPS) is 19.9. The second-order valence-electron chi connectivity index (χ2n) is 7.39. The number of piperidine rings is 1. The summed E-state index contributed by atoms with van der Waals surface area (Å²) >= 11 is 0. The number of carbonyl (C=O) groups is 1. The maximum absolute atomic E-state index is 12.7. The van der Waals surface area contributed by atoms with Gasteiger partial charge in [-0.2, -0.15) is 5.26 Å². The van der Waals surface area contributed by atoms with E-state index in [1.54, 1.807) is 6.26 Å². The highest BCUT2D eigenvalue weighted by atomic mass is 16.3. The van der Waals surface area contributed by atoms with Gasteiger partial charge in [0.15, 0.2) is 6.54 Å². The van der Waals surface area contributed by atoms with Crippen molar-refractivity contribution in [3.63, 3.8) is 0 Å². The first kappa shape index (κ1) is 18.3. The van der Waals surface area contributed by atoms with Gasteiger partial charge in [-0.3, -0.25) is 4.79 Å². The van der Waals surface area contributed by atoms with Gasteiger partial charge in [0, 0.05) is 11.6 Å². The number of amides is 1. The Morgan fingerprint density at radius 1 is 1.50 bits per heavy atom. The summed E-state index contributed by atoms with van der Waals surface area (Å²) in [5.74, 6) is 1.99. The van der Waals surface area contributed by atoms with E-state index in [4.69, 9.17) is 4.42 Å². The first-order chi connectivity index (χ1) is 12.5. The predicted octanol–water partition coefficient (Wildman–Crippen LogP) is 1.87. The summed E-state index contributed by atoms with van der Waals surface area (Å²) in [5, 5.41) is 12.6. The van der Waals surface area contributed by atoms with Crippen molar-refractivity contribution in [1.82, 2.24) is 4.57 Å². The number of nitrogens with zero attached hydrogens (tertiary/aromatic N) is 2. The number of rotatable bonds is 5. The SMILES string of the molecule is Cc1c(C#N)c(NC(=O)C[NH+]2CCC[C@H](C)C2)n(Cc2ccco2)c1C. The minimum absolute atomic E-state index is 0.0382. The molecule has 2 aromatic heterocycles. The van der Waals surface area contributed by atoms with Crippen molar-refractivity contribution in [2.75, 3.05) is 25.0 Å². The van der Waals surface area contributed by atoms with Crippen molar-refractivity contribution in [3.05, 3.63) is 41.0 Å². The van der Waals surface area contributed by atoms with Crippen molar-refractivity contribution in [2.45, 2.75) is 40.2 Å². The van der Waals surface area contributed by atoms with Crippen molar-refractivity contribution < 1.29 is 14.1 Å². The first-order valence-corrected chi connectivity index (χ1v) is 9.25. The second kappa shape index (κ2) is 7.79. The number of quaternary nitrogens is 1. The lowest BCUT2D eigenvalue weighted by Gasteiger charge is -2.27. The van der Waals surface area contributed by atoms with Crippen LogP contribution in [0.4, 0.5) is 5.82 Å². The molecule has 2 N–H and O–H groups in total. The monoisotopic (exact) mass is 355 g/mol. The maximum Gasteiger partial charge on any atom is 0.280 e. The molecule has 1 aliphatic rings. The van der Waals surface area contributed by atoms with Gasteiger partial charge < -0.3 is 19.2 Å². The highest BCUT2D eigenvalue weighted by Crippen LogP contribution is 2.27. The van der Waals surface area contributed by atoms with Gasteiger partial charge in [0.1, 0.15) is 17.6 Å². The van der Waals surface area contributed by atoms with Gasteiger partial charge in [0.2, 0.25) is 0 Å². The molecule has 2 atom stereocenters. The van der Waals surface area contributed by atoms with E-state index >= 15 is 0 Å². The number of aromatic nitrogens is 1. The molecule has 0 aliphatic carbocycles. The first-order valence-electron chi connectivity index (χ1n) is 9.25. The summed E-state index contributed by atoms with van der Waals surface area (Å²) in [7, 11) is 0. The molecule has 6 nitrogen and oxygen atoms in total. The Morgan fingerprint density at radius 3 is 2.96 bits per heavy atom. The molecule has 0 saturated carbocycles. The summed E-state index contributed by atoms with van der Waals surface area (Å²) in [4.78, 5) is 14.0. The van der Waals surface area contributed by atoms with E-state index in [1.165, 1.54) is 17.7 Å². The average Bonchev–Trinajstić information content (AvgIpc) is 3.18. The number of nitriles is 1. The summed E-state index contributed by atoms with van der Waals surface area (Å²) < 4.78 is 7.41. The van der Waals surface area contributed by atoms with E-state index in [1.807, 2.05) is 30.5 Å². The molecule has 1 aliphatic heterocycles. The van der Waals surface area contributed by atoms with E-state index in [9.17, 15) is 10.1 Å². The lowest BCUT2D eigenvalue weighted by molar-refractivity contribution is -0.900. The van der Waals surface area contributed by atoms with Crippen LogP contribution >= 0.6 is 0 Å². The van der Waals surface area contributed by atoms with Crippen LogP contribution in [0.2, 0.25) is 0 Å². The molecule has 0 aromatic carbocycles. The number of anilines is 1. The highest BCUT2D eigenvalue weighted by Gasteiger charge is 2.25. The third kappa shape index (κ3) is 3.83. The molecular formula is C20H27N4O2+. The number of likely N-dealkylation sites (tertiary alicyclic amines) is 1. The van der Waals surface area contributed by atoms with Gasteiger partial charge in [-0.05, 0) is 44.4 Å². The highest BCUT2D eigenvalue weighted by molar-refractivity contribution is 5.92. The van der Waals surface area contributed by atoms with Crippen LogP contribution in [0.1, 0.15) is 42.3 Å². The molecule has 1 saturated heterocycles. The Kier molecular flexibility index (Phi) is 5.48. The second-order valence-corrected chi connectivity index (χ2v) is 7.39. The van der Waals surface area contributed by atoms with E-state index in [-0.39, 0.29) is 5.91 Å². The molecule has 6 heteroatoms. The smallest absolute Gasteiger partial charge is 0.280 e. The van der Waals surface area contributed by atoms with Crippen molar-refractivity contribution >= 4 is 11.7 Å². The molecule has 1 amide bonds. The lowest BCUT2D eigenvalue weighted by Crippen LogP contribution is -3.14. The molecular weight excluding hydrogens is 328 g/mol. The van der Waals surface area contributed by atoms with Gasteiger partial charge in [0.05, 0.1) is 31.5 Å². The van der Waals surface area contributed by atoms with Gasteiger partial charge >= 0.3 is 0 Å². The van der Waals surface area contributed by atoms with Crippen LogP contribution < -0.4 is 10.2 Å². The standard InChI is InChI=1S/C20H26N4O2/c1-14-6-4-8-23(11-14)13-19(25)22-20-18(10-21)15(2)16(3)24(20)12-17-7-5-9-26-17/h5,7,9,14H,4,6,8,11-13H2,1-3H3,(H,22,25)/p+1/t14-/m0/s1. The third-order valence-corrected chi connectivity index (χ3v) is 5.37. The minimum Gasteiger partial charge on any atom is -0.467 e. The molecule has 3 rings (SSSR count). The molecule has 3 heterocycles. The Morgan fingerprint density at radius 2 is 2.31 bits per heavy atom. The van der Waals surface area contributed by atoms with Crippen LogP contribution in [0.15, 0.2) is 22.8 Å². The van der Waals surface area contributed by atoms with Crippen molar-refractivity contribution in [3.8, 4) is 6.07 Å². The lowest BCUT2D eigenvalue weighted by atomic mass is 10.0. The number of hydrogen-bond acceptors (Lipinski definition) is 3. The Bertz CT molecular complexity index is 814. The van der Waals surface area contributed by atoms with E-state index in [2.05, 4.69) is 18.3 Å². The molecule has 1 unspecified atom stereocenters. The van der Waals surface area contributed by atoms with E-state index in [0.717, 1.165) is 30.1 Å². The predicted molar refractivity (Wildman–Crippen MR) is 99.0 cm³/mol. The van der Waals surface area contributed by atoms with E-state index in [0.29, 0.717) is 30.4 Å². The fourth-order valence-corrected chi connectivity index (χ4v) is 3.85. The largest absolute Gasteiger partial charge is 0.467 e. The molecule has 138 valence electrons. The van der Waals surface area contributed by atoms with Gasteiger partial charge in [-0.1, -0.05) is 6.92 Å². The van der Waals surface area contributed by atoms with Crippen molar-refractivity contribution in [1.29, 1.82) is 5.26 Å². The summed E-state index contributed by atoms with van der Waals surface area (Å²) in [6, 6.07) is 5.98. The third-order valence-electron chi connectivity index (χ3n) is 5.37. The van der Waals surface area contributed by atoms with Crippen LogP contribution in [0, 0.1) is 31.1 Å². The number of carbonyl (C=O) groups excluding carboxylic acids is 1. The molecule has 2 aromatic rings. The van der Waals surface area contributed by atoms with Crippen LogP contribution in [0.25, 0.3) is 0 Å². The minimum atomic E-state index is -0.0382. The average molecular weight is 355 g/mol. The fraction of sp³-hybridized carbons (Fsp3) is 0.500. The summed E-state index contributed by atoms with van der Waals surface area (Å²) in [5.41, 5.74) is 2.39. The molecule has 0 radical (unpaired) electrons. The Labute approximate surface area is 154 Å². The summed E-state index contributed by atoms with van der Waals surface area (Å²) in [6.07, 6.45) is 4.04.